The van der Waals surface area contributed by atoms with Crippen molar-refractivity contribution in [3.63, 3.8) is 0 Å². The third-order valence-electron chi connectivity index (χ3n) is 4.65. The summed E-state index contributed by atoms with van der Waals surface area (Å²) in [7, 11) is -0.953. The lowest BCUT2D eigenvalue weighted by Gasteiger charge is -2.16. The number of rotatable bonds is 7. The minimum atomic E-state index is -3.95. The van der Waals surface area contributed by atoms with Crippen LogP contribution in [0.2, 0.25) is 0 Å². The van der Waals surface area contributed by atoms with Gasteiger partial charge in [0.15, 0.2) is 11.5 Å². The highest BCUT2D eigenvalue weighted by Gasteiger charge is 2.24. The molecular formula is C21H23NO5S. The second kappa shape index (κ2) is 8.06. The fraction of sp³-hybridized carbons (Fsp3) is 0.286. The first kappa shape index (κ1) is 19.9. The monoisotopic (exact) mass is 401 g/mol. The van der Waals surface area contributed by atoms with Gasteiger partial charge in [-0.2, -0.15) is 0 Å². The zero-order valence-corrected chi connectivity index (χ0v) is 17.0. The molecule has 28 heavy (non-hydrogen) atoms. The van der Waals surface area contributed by atoms with Crippen molar-refractivity contribution in [1.82, 2.24) is 4.57 Å². The maximum absolute atomic E-state index is 13.2. The van der Waals surface area contributed by atoms with Gasteiger partial charge in [0.05, 0.1) is 30.0 Å². The van der Waals surface area contributed by atoms with Gasteiger partial charge in [-0.15, -0.1) is 0 Å². The Hall–Kier alpha value is -2.80. The summed E-state index contributed by atoms with van der Waals surface area (Å²) in [6, 6.07) is 11.2. The van der Waals surface area contributed by atoms with E-state index >= 15 is 0 Å². The molecule has 6 nitrogen and oxygen atoms in total. The number of unbranched alkanes of at least 4 members (excludes halogenated alkanes) is 1. The number of sulfone groups is 1. The van der Waals surface area contributed by atoms with Crippen molar-refractivity contribution in [3.05, 3.63) is 58.9 Å². The number of hydrogen-bond donors (Lipinski definition) is 0. The van der Waals surface area contributed by atoms with Crippen LogP contribution in [-0.2, 0) is 16.4 Å². The van der Waals surface area contributed by atoms with Crippen molar-refractivity contribution < 1.29 is 17.9 Å². The minimum absolute atomic E-state index is 0.0916. The molecule has 0 aliphatic rings. The number of aryl methyl sites for hydroxylation is 1. The number of fused-ring (bicyclic) bond motifs is 1. The van der Waals surface area contributed by atoms with Crippen molar-refractivity contribution in [2.45, 2.75) is 36.1 Å². The van der Waals surface area contributed by atoms with Gasteiger partial charge in [-0.25, -0.2) is 8.42 Å². The van der Waals surface area contributed by atoms with Crippen molar-refractivity contribution >= 4 is 20.7 Å². The van der Waals surface area contributed by atoms with Crippen LogP contribution in [0.15, 0.2) is 63.2 Å². The Morgan fingerprint density at radius 1 is 1.00 bits per heavy atom. The summed E-state index contributed by atoms with van der Waals surface area (Å²) in [6.45, 7) is 2.63. The Kier molecular flexibility index (Phi) is 5.74. The molecule has 0 aliphatic carbocycles. The van der Waals surface area contributed by atoms with E-state index in [1.54, 1.807) is 34.9 Å². The molecule has 7 heteroatoms. The molecule has 0 fully saturated rings. The molecule has 0 saturated carbocycles. The Bertz CT molecular complexity index is 1150. The normalized spacial score (nSPS) is 11.5. The van der Waals surface area contributed by atoms with Gasteiger partial charge in [-0.1, -0.05) is 31.5 Å². The van der Waals surface area contributed by atoms with Crippen molar-refractivity contribution in [1.29, 1.82) is 0 Å². The number of methoxy groups -OCH3 is 2. The van der Waals surface area contributed by atoms with Gasteiger partial charge in [0.1, 0.15) is 4.90 Å². The molecule has 0 radical (unpaired) electrons. The Balaban J connectivity index is 2.36. The lowest BCUT2D eigenvalue weighted by Crippen LogP contribution is -2.19. The fourth-order valence-corrected chi connectivity index (χ4v) is 4.51. The Morgan fingerprint density at radius 3 is 2.25 bits per heavy atom. The molecule has 148 valence electrons. The predicted molar refractivity (Wildman–Crippen MR) is 108 cm³/mol. The first-order valence-electron chi connectivity index (χ1n) is 9.03. The van der Waals surface area contributed by atoms with Crippen LogP contribution in [0.5, 0.6) is 11.5 Å². The summed E-state index contributed by atoms with van der Waals surface area (Å²) in [5.74, 6) is 0.863. The van der Waals surface area contributed by atoms with E-state index in [0.29, 0.717) is 23.6 Å². The number of aromatic nitrogens is 1. The summed E-state index contributed by atoms with van der Waals surface area (Å²) in [4.78, 5) is 13.0. The maximum Gasteiger partial charge on any atom is 0.211 e. The second-order valence-corrected chi connectivity index (χ2v) is 8.33. The molecule has 1 heterocycles. The van der Waals surface area contributed by atoms with E-state index in [0.717, 1.165) is 12.8 Å². The average molecular weight is 401 g/mol. The van der Waals surface area contributed by atoms with Crippen molar-refractivity contribution in [3.8, 4) is 11.5 Å². The quantitative estimate of drug-likeness (QED) is 0.604. The van der Waals surface area contributed by atoms with Crippen LogP contribution in [0.3, 0.4) is 0 Å². The molecule has 0 unspecified atom stereocenters. The molecule has 0 bridgehead atoms. The summed E-state index contributed by atoms with van der Waals surface area (Å²) in [5, 5.41) is 0.283. The zero-order valence-electron chi connectivity index (χ0n) is 16.1. The number of ether oxygens (including phenoxy) is 2. The standard InChI is InChI=1S/C21H23NO5S/c1-4-5-11-22-14-20(28(24,25)15-9-7-6-8-10-15)21(23)16-12-18(26-2)19(27-3)13-17(16)22/h6-10,12-14H,4-5,11H2,1-3H3. The van der Waals surface area contributed by atoms with Crippen LogP contribution in [0, 0.1) is 0 Å². The van der Waals surface area contributed by atoms with E-state index in [-0.39, 0.29) is 15.2 Å². The lowest BCUT2D eigenvalue weighted by atomic mass is 10.1. The van der Waals surface area contributed by atoms with E-state index < -0.39 is 15.3 Å². The minimum Gasteiger partial charge on any atom is -0.493 e. The van der Waals surface area contributed by atoms with Crippen LogP contribution in [-0.4, -0.2) is 27.2 Å². The molecule has 0 saturated heterocycles. The number of benzene rings is 2. The fourth-order valence-electron chi connectivity index (χ4n) is 3.12. The highest BCUT2D eigenvalue weighted by atomic mass is 32.2. The van der Waals surface area contributed by atoms with Gasteiger partial charge in [-0.3, -0.25) is 4.79 Å². The van der Waals surface area contributed by atoms with E-state index in [4.69, 9.17) is 9.47 Å². The Morgan fingerprint density at radius 2 is 1.64 bits per heavy atom. The topological polar surface area (TPSA) is 74.6 Å². The van der Waals surface area contributed by atoms with Gasteiger partial charge in [0.2, 0.25) is 15.3 Å². The highest BCUT2D eigenvalue weighted by Crippen LogP contribution is 2.32. The molecule has 0 atom stereocenters. The van der Waals surface area contributed by atoms with Crippen LogP contribution < -0.4 is 14.9 Å². The summed E-state index contributed by atoms with van der Waals surface area (Å²) in [5.41, 5.74) is 0.0654. The predicted octanol–water partition coefficient (Wildman–Crippen LogP) is 3.65. The molecular weight excluding hydrogens is 378 g/mol. The van der Waals surface area contributed by atoms with Crippen LogP contribution in [0.1, 0.15) is 19.8 Å². The van der Waals surface area contributed by atoms with E-state index in [1.807, 2.05) is 0 Å². The van der Waals surface area contributed by atoms with Crippen LogP contribution >= 0.6 is 0 Å². The largest absolute Gasteiger partial charge is 0.493 e. The third-order valence-corrected chi connectivity index (χ3v) is 6.41. The first-order valence-corrected chi connectivity index (χ1v) is 10.5. The average Bonchev–Trinajstić information content (AvgIpc) is 2.72. The molecule has 0 amide bonds. The third kappa shape index (κ3) is 3.49. The molecule has 3 aromatic rings. The van der Waals surface area contributed by atoms with Gasteiger partial charge in [0, 0.05) is 18.8 Å². The van der Waals surface area contributed by atoms with Crippen molar-refractivity contribution in [2.24, 2.45) is 0 Å². The number of hydrogen-bond acceptors (Lipinski definition) is 5. The maximum atomic E-state index is 13.2. The summed E-state index contributed by atoms with van der Waals surface area (Å²) < 4.78 is 38.7. The number of pyridine rings is 1. The lowest BCUT2D eigenvalue weighted by molar-refractivity contribution is 0.355. The van der Waals surface area contributed by atoms with Gasteiger partial charge < -0.3 is 14.0 Å². The molecule has 0 N–H and O–H groups in total. The SMILES string of the molecule is CCCCn1cc(S(=O)(=O)c2ccccc2)c(=O)c2cc(OC)c(OC)cc21. The molecule has 0 spiro atoms. The zero-order chi connectivity index (χ0) is 20.3. The smallest absolute Gasteiger partial charge is 0.211 e. The van der Waals surface area contributed by atoms with E-state index in [9.17, 15) is 13.2 Å². The van der Waals surface area contributed by atoms with E-state index in [1.165, 1.54) is 32.5 Å². The first-order chi connectivity index (χ1) is 13.4. The van der Waals surface area contributed by atoms with Crippen LogP contribution in [0.4, 0.5) is 0 Å². The molecule has 0 aliphatic heterocycles. The second-order valence-electron chi connectivity index (χ2n) is 6.41. The highest BCUT2D eigenvalue weighted by molar-refractivity contribution is 7.91. The summed E-state index contributed by atoms with van der Waals surface area (Å²) in [6.07, 6.45) is 3.22. The molecule has 2 aromatic carbocycles. The van der Waals surface area contributed by atoms with Gasteiger partial charge in [0.25, 0.3) is 0 Å². The van der Waals surface area contributed by atoms with Crippen molar-refractivity contribution in [2.75, 3.05) is 14.2 Å². The summed E-state index contributed by atoms with van der Waals surface area (Å²) >= 11 is 0. The van der Waals surface area contributed by atoms with E-state index in [2.05, 4.69) is 6.92 Å². The van der Waals surface area contributed by atoms with Gasteiger partial charge in [-0.05, 0) is 24.6 Å². The molecule has 3 rings (SSSR count). The van der Waals surface area contributed by atoms with Crippen LogP contribution in [0.25, 0.3) is 10.9 Å². The molecule has 1 aromatic heterocycles. The number of nitrogens with zero attached hydrogens (tertiary/aromatic N) is 1. The van der Waals surface area contributed by atoms with Gasteiger partial charge >= 0.3 is 0 Å². The Labute approximate surface area is 164 Å².